The van der Waals surface area contributed by atoms with Gasteiger partial charge in [0.2, 0.25) is 0 Å². The molecule has 0 radical (unpaired) electrons. The number of hydrogen-bond acceptors (Lipinski definition) is 7. The van der Waals surface area contributed by atoms with Crippen molar-refractivity contribution >= 4 is 35.2 Å². The second kappa shape index (κ2) is 16.9. The van der Waals surface area contributed by atoms with Crippen molar-refractivity contribution in [1.29, 1.82) is 0 Å². The molecule has 11 nitrogen and oxygen atoms in total. The summed E-state index contributed by atoms with van der Waals surface area (Å²) in [7, 11) is 2.97. The Labute approximate surface area is 333 Å². The second-order valence-electron chi connectivity index (χ2n) is 14.9. The first-order chi connectivity index (χ1) is 26.4. The zero-order valence-corrected chi connectivity index (χ0v) is 33.7. The summed E-state index contributed by atoms with van der Waals surface area (Å²) >= 11 is 2.30. The van der Waals surface area contributed by atoms with E-state index in [9.17, 15) is 13.9 Å². The molecule has 0 amide bonds. The van der Waals surface area contributed by atoms with E-state index in [4.69, 9.17) is 9.68 Å². The normalized spacial score (nSPS) is 14.7. The van der Waals surface area contributed by atoms with E-state index in [1.165, 1.54) is 66.6 Å². The smallest absolute Gasteiger partial charge is 0.423 e. The fourth-order valence-electron chi connectivity index (χ4n) is 6.84. The van der Waals surface area contributed by atoms with Crippen LogP contribution in [0.1, 0.15) is 70.5 Å². The fraction of sp³-hybridized carbons (Fsp3) is 0.400. The maximum absolute atomic E-state index is 13.5. The maximum atomic E-state index is 13.5. The number of benzene rings is 2. The SMILES string of the molecule is Cc1nn(CC2CC2)cc1Cc1cn(C)nc1-c1ccc(F)cc1CO.Cc1nn(CC2CC2)cc1Cc1cn(C)nc1I.OB1OCc2cc(F)ccc21. The zero-order chi connectivity index (χ0) is 38.8. The number of nitrogens with zero attached hydrogens (tertiary/aromatic N) is 8. The highest BCUT2D eigenvalue weighted by atomic mass is 127. The number of aliphatic hydroxyl groups excluding tert-OH is 1. The molecule has 0 unspecified atom stereocenters. The fourth-order valence-corrected chi connectivity index (χ4v) is 7.51. The second-order valence-corrected chi connectivity index (χ2v) is 15.9. The largest absolute Gasteiger partial charge is 0.491 e. The molecule has 3 aliphatic rings. The molecule has 0 spiro atoms. The van der Waals surface area contributed by atoms with Gasteiger partial charge in [-0.2, -0.15) is 20.4 Å². The Morgan fingerprint density at radius 2 is 1.31 bits per heavy atom. The third-order valence-corrected chi connectivity index (χ3v) is 11.1. The van der Waals surface area contributed by atoms with Crippen molar-refractivity contribution in [2.45, 2.75) is 78.7 Å². The summed E-state index contributed by atoms with van der Waals surface area (Å²) in [5, 5.41) is 36.9. The number of aliphatic hydroxyl groups is 1. The Morgan fingerprint density at radius 1 is 0.745 bits per heavy atom. The van der Waals surface area contributed by atoms with E-state index in [2.05, 4.69) is 77.9 Å². The van der Waals surface area contributed by atoms with Gasteiger partial charge in [0.15, 0.2) is 0 Å². The summed E-state index contributed by atoms with van der Waals surface area (Å²) in [6.07, 6.45) is 15.4. The molecule has 2 N–H and O–H groups in total. The van der Waals surface area contributed by atoms with Gasteiger partial charge in [-0.3, -0.25) is 18.7 Å². The van der Waals surface area contributed by atoms with Gasteiger partial charge in [-0.25, -0.2) is 8.78 Å². The lowest BCUT2D eigenvalue weighted by molar-refractivity contribution is 0.275. The maximum Gasteiger partial charge on any atom is 0.491 e. The van der Waals surface area contributed by atoms with E-state index in [0.717, 1.165) is 68.8 Å². The molecule has 288 valence electrons. The first-order valence-corrected chi connectivity index (χ1v) is 19.7. The van der Waals surface area contributed by atoms with Crippen molar-refractivity contribution in [1.82, 2.24) is 39.1 Å². The van der Waals surface area contributed by atoms with E-state index in [1.807, 2.05) is 31.9 Å². The van der Waals surface area contributed by atoms with Crippen molar-refractivity contribution < 1.29 is 23.6 Å². The standard InChI is InChI=1S/C20H23FN4O.C13H17IN4.C7H6BFO2/c1-13-15(11-25(22-13)9-14-3-4-14)7-16-10-24(2)23-20(16)19-6-5-18(21)8-17(19)12-26;1-9-11(5-12-7-17(2)16-13(12)14)8-18(15-9)6-10-3-4-10;9-6-1-2-7-5(3-6)4-11-8(7)10/h5-6,8,10-11,14,26H,3-4,7,9,12H2,1-2H3;7-8,10H,3-6H2,1-2H3;1-3,10H,4H2. The molecule has 1 aliphatic heterocycles. The summed E-state index contributed by atoms with van der Waals surface area (Å²) in [4.78, 5) is 0. The molecule has 0 bridgehead atoms. The highest BCUT2D eigenvalue weighted by Crippen LogP contribution is 2.32. The van der Waals surface area contributed by atoms with E-state index >= 15 is 0 Å². The van der Waals surface area contributed by atoms with Crippen molar-refractivity contribution in [3.8, 4) is 11.3 Å². The molecule has 2 fully saturated rings. The molecule has 0 atom stereocenters. The minimum atomic E-state index is -0.870. The van der Waals surface area contributed by atoms with Crippen LogP contribution in [0.15, 0.2) is 61.2 Å². The van der Waals surface area contributed by atoms with E-state index in [-0.39, 0.29) is 18.2 Å². The van der Waals surface area contributed by atoms with E-state index in [1.54, 1.807) is 16.8 Å². The van der Waals surface area contributed by atoms with Crippen molar-refractivity contribution in [3.63, 3.8) is 0 Å². The monoisotopic (exact) mass is 862 g/mol. The molecular weight excluding hydrogens is 816 g/mol. The lowest BCUT2D eigenvalue weighted by Gasteiger charge is -2.07. The lowest BCUT2D eigenvalue weighted by Crippen LogP contribution is -2.27. The Hall–Kier alpha value is -4.19. The number of aromatic nitrogens is 8. The van der Waals surface area contributed by atoms with Gasteiger partial charge in [0.05, 0.1) is 30.3 Å². The number of hydrogen-bond donors (Lipinski definition) is 2. The van der Waals surface area contributed by atoms with Gasteiger partial charge in [0.1, 0.15) is 15.3 Å². The predicted molar refractivity (Wildman–Crippen MR) is 214 cm³/mol. The molecular formula is C40H46BF2IN8O3. The van der Waals surface area contributed by atoms with Gasteiger partial charge in [0, 0.05) is 81.5 Å². The number of halogens is 3. The molecule has 0 saturated heterocycles. The highest BCUT2D eigenvalue weighted by molar-refractivity contribution is 14.1. The Bertz CT molecular complexity index is 2280. The van der Waals surface area contributed by atoms with E-state index in [0.29, 0.717) is 24.1 Å². The zero-order valence-electron chi connectivity index (χ0n) is 31.6. The average Bonchev–Trinajstić information content (AvgIpc) is 3.96. The van der Waals surface area contributed by atoms with Gasteiger partial charge < -0.3 is 14.8 Å². The van der Waals surface area contributed by atoms with Crippen molar-refractivity contribution in [3.05, 3.63) is 121 Å². The van der Waals surface area contributed by atoms with Crippen LogP contribution in [0.4, 0.5) is 8.78 Å². The van der Waals surface area contributed by atoms with Crippen LogP contribution in [0.2, 0.25) is 0 Å². The van der Waals surface area contributed by atoms with Gasteiger partial charge in [-0.05, 0) is 132 Å². The molecule has 4 aromatic heterocycles. The minimum absolute atomic E-state index is 0.221. The number of fused-ring (bicyclic) bond motifs is 1. The minimum Gasteiger partial charge on any atom is -0.423 e. The van der Waals surface area contributed by atoms with Crippen LogP contribution in [0, 0.1) is 41.0 Å². The predicted octanol–water partition coefficient (Wildman–Crippen LogP) is 5.80. The van der Waals surface area contributed by atoms with Gasteiger partial charge in [-0.1, -0.05) is 6.07 Å². The van der Waals surface area contributed by atoms with E-state index < -0.39 is 7.12 Å². The van der Waals surface area contributed by atoms with Crippen molar-refractivity contribution in [2.24, 2.45) is 25.9 Å². The van der Waals surface area contributed by atoms with Gasteiger partial charge >= 0.3 is 7.12 Å². The van der Waals surface area contributed by atoms with Gasteiger partial charge in [0.25, 0.3) is 0 Å². The summed E-state index contributed by atoms with van der Waals surface area (Å²) in [5.74, 6) is 1.01. The van der Waals surface area contributed by atoms with Crippen LogP contribution in [0.25, 0.3) is 11.3 Å². The first kappa shape index (κ1) is 39.1. The van der Waals surface area contributed by atoms with Crippen LogP contribution >= 0.6 is 22.6 Å². The molecule has 6 aromatic rings. The highest BCUT2D eigenvalue weighted by Gasteiger charge is 2.27. The van der Waals surface area contributed by atoms with Crippen LogP contribution < -0.4 is 5.46 Å². The number of aryl methyl sites for hydroxylation is 4. The van der Waals surface area contributed by atoms with Crippen LogP contribution in [0.5, 0.6) is 0 Å². The Morgan fingerprint density at radius 3 is 1.89 bits per heavy atom. The summed E-state index contributed by atoms with van der Waals surface area (Å²) in [5.41, 5.74) is 10.5. The first-order valence-electron chi connectivity index (χ1n) is 18.7. The van der Waals surface area contributed by atoms with Crippen molar-refractivity contribution in [2.75, 3.05) is 0 Å². The molecule has 2 saturated carbocycles. The molecule has 5 heterocycles. The Kier molecular flexibility index (Phi) is 12.0. The van der Waals surface area contributed by atoms with Crippen LogP contribution in [-0.2, 0) is 57.9 Å². The van der Waals surface area contributed by atoms with Gasteiger partial charge in [-0.15, -0.1) is 0 Å². The van der Waals surface area contributed by atoms with Crippen LogP contribution in [0.3, 0.4) is 0 Å². The summed E-state index contributed by atoms with van der Waals surface area (Å²) < 4.78 is 39.8. The number of rotatable bonds is 10. The third-order valence-electron chi connectivity index (χ3n) is 10.2. The molecule has 2 aromatic carbocycles. The summed E-state index contributed by atoms with van der Waals surface area (Å²) in [6, 6.07) is 8.71. The quantitative estimate of drug-likeness (QED) is 0.132. The molecule has 9 rings (SSSR count). The average molecular weight is 863 g/mol. The van der Waals surface area contributed by atoms with Crippen LogP contribution in [-0.4, -0.2) is 56.4 Å². The third kappa shape index (κ3) is 9.98. The lowest BCUT2D eigenvalue weighted by atomic mass is 9.80. The summed E-state index contributed by atoms with van der Waals surface area (Å²) in [6.45, 7) is 6.29. The topological polar surface area (TPSA) is 121 Å². The molecule has 15 heteroatoms. The Balaban J connectivity index is 0.000000138. The molecule has 55 heavy (non-hydrogen) atoms. The molecule has 2 aliphatic carbocycles.